The molecule has 0 atom stereocenters. The van der Waals surface area contributed by atoms with Gasteiger partial charge in [-0.1, -0.05) is 48.0 Å². The van der Waals surface area contributed by atoms with Gasteiger partial charge in [0.2, 0.25) is 0 Å². The third kappa shape index (κ3) is 2.83. The van der Waals surface area contributed by atoms with Crippen molar-refractivity contribution in [3.63, 3.8) is 0 Å². The monoisotopic (exact) mass is 368 g/mol. The molecule has 2 aromatic carbocycles. The van der Waals surface area contributed by atoms with E-state index in [0.29, 0.717) is 0 Å². The molecule has 0 bridgehead atoms. The summed E-state index contributed by atoms with van der Waals surface area (Å²) in [6.07, 6.45) is 5.25. The van der Waals surface area contributed by atoms with Crippen molar-refractivity contribution in [2.45, 2.75) is 26.7 Å². The molecule has 0 saturated carbocycles. The van der Waals surface area contributed by atoms with E-state index in [2.05, 4.69) is 71.5 Å². The molecule has 0 saturated heterocycles. The van der Waals surface area contributed by atoms with Crippen LogP contribution in [0.4, 0.5) is 0 Å². The number of rotatable bonds is 4. The molecule has 0 aliphatic heterocycles. The Balaban J connectivity index is 1.53. The number of hydrogen-bond donors (Lipinski definition) is 0. The second-order valence-corrected chi connectivity index (χ2v) is 7.11. The quantitative estimate of drug-likeness (QED) is 0.483. The first-order valence-electron chi connectivity index (χ1n) is 9.38. The minimum absolute atomic E-state index is 0.790. The first-order valence-corrected chi connectivity index (χ1v) is 9.38. The van der Waals surface area contributed by atoms with Crippen LogP contribution in [0.25, 0.3) is 22.4 Å². The van der Waals surface area contributed by atoms with Crippen LogP contribution in [0.15, 0.2) is 61.1 Å². The maximum Gasteiger partial charge on any atom is 0.170 e. The van der Waals surface area contributed by atoms with Gasteiger partial charge in [-0.05, 0) is 37.5 Å². The summed E-state index contributed by atoms with van der Waals surface area (Å²) in [6.45, 7) is 4.18. The van der Waals surface area contributed by atoms with Gasteiger partial charge < -0.3 is 0 Å². The Kier molecular flexibility index (Phi) is 3.90. The van der Waals surface area contributed by atoms with E-state index in [9.17, 15) is 0 Å². The molecule has 6 heteroatoms. The summed E-state index contributed by atoms with van der Waals surface area (Å²) in [5.74, 6) is 0.817. The summed E-state index contributed by atoms with van der Waals surface area (Å²) in [6, 6.07) is 16.7. The van der Waals surface area contributed by atoms with Crippen molar-refractivity contribution < 1.29 is 0 Å². The van der Waals surface area contributed by atoms with Gasteiger partial charge in [0, 0.05) is 6.42 Å². The van der Waals surface area contributed by atoms with Crippen molar-refractivity contribution in [3.05, 3.63) is 83.6 Å². The summed E-state index contributed by atoms with van der Waals surface area (Å²) in [4.78, 5) is 9.36. The van der Waals surface area contributed by atoms with Crippen LogP contribution >= 0.6 is 0 Å². The first kappa shape index (κ1) is 16.6. The molecular weight excluding hydrogens is 348 g/mol. The minimum atomic E-state index is 0.790. The molecule has 0 aliphatic carbocycles. The predicted octanol–water partition coefficient (Wildman–Crippen LogP) is 3.87. The normalized spacial score (nSPS) is 11.5. The fourth-order valence-corrected chi connectivity index (χ4v) is 3.59. The molecule has 28 heavy (non-hydrogen) atoms. The van der Waals surface area contributed by atoms with Gasteiger partial charge in [-0.2, -0.15) is 5.10 Å². The van der Waals surface area contributed by atoms with Gasteiger partial charge in [-0.25, -0.2) is 19.2 Å². The lowest BCUT2D eigenvalue weighted by atomic mass is 10.1. The number of hydrogen-bond acceptors (Lipinski definition) is 4. The fourth-order valence-electron chi connectivity index (χ4n) is 3.59. The average Bonchev–Trinajstić information content (AvgIpc) is 3.31. The SMILES string of the molecule is Cc1ccc(-n2ncc3c2ncn2nc(CCc4ccccc4)nc32)c(C)c1. The molecule has 0 spiro atoms. The van der Waals surface area contributed by atoms with Crippen LogP contribution < -0.4 is 0 Å². The van der Waals surface area contributed by atoms with Crippen LogP contribution in [0, 0.1) is 13.8 Å². The topological polar surface area (TPSA) is 60.9 Å². The lowest BCUT2D eigenvalue weighted by Crippen LogP contribution is -2.01. The highest BCUT2D eigenvalue weighted by Gasteiger charge is 2.14. The largest absolute Gasteiger partial charge is 0.216 e. The van der Waals surface area contributed by atoms with Crippen LogP contribution in [0.1, 0.15) is 22.5 Å². The second kappa shape index (κ2) is 6.56. The van der Waals surface area contributed by atoms with Crippen LogP contribution in [-0.2, 0) is 12.8 Å². The standard InChI is InChI=1S/C22H20N6/c1-15-8-10-19(16(2)12-15)28-21-18(13-24-28)22-25-20(26-27(22)14-23-21)11-9-17-6-4-3-5-7-17/h3-8,10,12-14H,9,11H2,1-2H3. The van der Waals surface area contributed by atoms with E-state index in [1.54, 1.807) is 10.8 Å². The lowest BCUT2D eigenvalue weighted by Gasteiger charge is -2.07. The summed E-state index contributed by atoms with van der Waals surface area (Å²) in [5.41, 5.74) is 6.30. The predicted molar refractivity (Wildman–Crippen MR) is 109 cm³/mol. The lowest BCUT2D eigenvalue weighted by molar-refractivity contribution is 0.825. The van der Waals surface area contributed by atoms with Crippen molar-refractivity contribution >= 4 is 16.7 Å². The maximum atomic E-state index is 4.76. The molecule has 0 radical (unpaired) electrons. The van der Waals surface area contributed by atoms with Crippen molar-refractivity contribution in [1.82, 2.24) is 29.4 Å². The second-order valence-electron chi connectivity index (χ2n) is 7.11. The third-order valence-electron chi connectivity index (χ3n) is 5.01. The summed E-state index contributed by atoms with van der Waals surface area (Å²) < 4.78 is 3.62. The summed E-state index contributed by atoms with van der Waals surface area (Å²) in [5, 5.41) is 10.1. The molecule has 0 aliphatic rings. The number of fused-ring (bicyclic) bond motifs is 3. The van der Waals surface area contributed by atoms with Crippen LogP contribution in [-0.4, -0.2) is 29.4 Å². The van der Waals surface area contributed by atoms with E-state index in [4.69, 9.17) is 4.98 Å². The van der Waals surface area contributed by atoms with Gasteiger partial charge in [-0.3, -0.25) is 0 Å². The molecule has 138 valence electrons. The number of nitrogens with zero attached hydrogens (tertiary/aromatic N) is 6. The Labute approximate surface area is 162 Å². The Morgan fingerprint density at radius 3 is 2.61 bits per heavy atom. The Hall–Kier alpha value is -3.54. The molecule has 5 aromatic rings. The van der Waals surface area contributed by atoms with Gasteiger partial charge in [0.15, 0.2) is 17.1 Å². The highest BCUT2D eigenvalue weighted by Crippen LogP contribution is 2.22. The van der Waals surface area contributed by atoms with E-state index >= 15 is 0 Å². The number of aryl methyl sites for hydroxylation is 4. The van der Waals surface area contributed by atoms with Crippen molar-refractivity contribution in [3.8, 4) is 5.69 Å². The maximum absolute atomic E-state index is 4.76. The van der Waals surface area contributed by atoms with Crippen molar-refractivity contribution in [2.75, 3.05) is 0 Å². The summed E-state index contributed by atoms with van der Waals surface area (Å²) in [7, 11) is 0. The third-order valence-corrected chi connectivity index (χ3v) is 5.01. The Morgan fingerprint density at radius 1 is 0.929 bits per heavy atom. The number of benzene rings is 2. The van der Waals surface area contributed by atoms with E-state index in [1.165, 1.54) is 11.1 Å². The smallest absolute Gasteiger partial charge is 0.170 e. The van der Waals surface area contributed by atoms with Gasteiger partial charge in [0.25, 0.3) is 0 Å². The van der Waals surface area contributed by atoms with E-state index in [0.717, 1.165) is 46.6 Å². The van der Waals surface area contributed by atoms with Crippen LogP contribution in [0.3, 0.4) is 0 Å². The van der Waals surface area contributed by atoms with Gasteiger partial charge >= 0.3 is 0 Å². The molecular formula is C22H20N6. The number of aromatic nitrogens is 6. The zero-order chi connectivity index (χ0) is 19.1. The van der Waals surface area contributed by atoms with E-state index in [1.807, 2.05) is 16.9 Å². The highest BCUT2D eigenvalue weighted by atomic mass is 15.3. The van der Waals surface area contributed by atoms with Crippen molar-refractivity contribution in [2.24, 2.45) is 0 Å². The zero-order valence-electron chi connectivity index (χ0n) is 15.9. The summed E-state index contributed by atoms with van der Waals surface area (Å²) >= 11 is 0. The Morgan fingerprint density at radius 2 is 1.79 bits per heavy atom. The molecule has 3 aromatic heterocycles. The van der Waals surface area contributed by atoms with Gasteiger partial charge in [0.05, 0.1) is 17.3 Å². The molecule has 0 unspecified atom stereocenters. The van der Waals surface area contributed by atoms with Crippen LogP contribution in [0.5, 0.6) is 0 Å². The van der Waals surface area contributed by atoms with Crippen LogP contribution in [0.2, 0.25) is 0 Å². The fraction of sp³-hybridized carbons (Fsp3) is 0.182. The Bertz CT molecular complexity index is 1280. The van der Waals surface area contributed by atoms with E-state index in [-0.39, 0.29) is 0 Å². The highest BCUT2D eigenvalue weighted by molar-refractivity contribution is 5.89. The first-order chi connectivity index (χ1) is 13.7. The van der Waals surface area contributed by atoms with Gasteiger partial charge in [-0.15, -0.1) is 5.10 Å². The van der Waals surface area contributed by atoms with E-state index < -0.39 is 0 Å². The van der Waals surface area contributed by atoms with Gasteiger partial charge in [0.1, 0.15) is 6.33 Å². The zero-order valence-corrected chi connectivity index (χ0v) is 15.9. The average molecular weight is 368 g/mol. The molecule has 0 N–H and O–H groups in total. The molecule has 3 heterocycles. The van der Waals surface area contributed by atoms with Crippen molar-refractivity contribution in [1.29, 1.82) is 0 Å². The molecule has 6 nitrogen and oxygen atoms in total. The molecule has 0 amide bonds. The molecule has 0 fully saturated rings. The minimum Gasteiger partial charge on any atom is -0.216 e. The molecule has 5 rings (SSSR count).